The number of anilines is 1. The van der Waals surface area contributed by atoms with Gasteiger partial charge in [-0.2, -0.15) is 0 Å². The molecule has 21 heavy (non-hydrogen) atoms. The van der Waals surface area contributed by atoms with Gasteiger partial charge in [0.15, 0.2) is 0 Å². The van der Waals surface area contributed by atoms with E-state index in [1.54, 1.807) is 6.92 Å². The summed E-state index contributed by atoms with van der Waals surface area (Å²) in [6, 6.07) is 4.21. The van der Waals surface area contributed by atoms with Crippen LogP contribution in [0.15, 0.2) is 18.2 Å². The SMILES string of the molecule is Cc1cc([N+](=O)[O-])ccc1N1CC(CS(=O)(=O)Cl)CC1=O. The zero-order chi connectivity index (χ0) is 15.8. The van der Waals surface area contributed by atoms with E-state index in [1.165, 1.54) is 23.1 Å². The lowest BCUT2D eigenvalue weighted by Gasteiger charge is -2.18. The Bertz CT molecular complexity index is 704. The van der Waals surface area contributed by atoms with E-state index in [0.29, 0.717) is 11.3 Å². The van der Waals surface area contributed by atoms with Crippen molar-refractivity contribution >= 4 is 37.0 Å². The molecule has 0 saturated carbocycles. The number of hydrogen-bond donors (Lipinski definition) is 0. The van der Waals surface area contributed by atoms with Gasteiger partial charge in [0.2, 0.25) is 15.0 Å². The van der Waals surface area contributed by atoms with Crippen LogP contribution in [0.25, 0.3) is 0 Å². The van der Waals surface area contributed by atoms with E-state index in [0.717, 1.165) is 0 Å². The molecule has 0 N–H and O–H groups in total. The van der Waals surface area contributed by atoms with Crippen molar-refractivity contribution in [3.05, 3.63) is 33.9 Å². The van der Waals surface area contributed by atoms with E-state index in [-0.39, 0.29) is 36.2 Å². The van der Waals surface area contributed by atoms with Crippen molar-refractivity contribution in [1.29, 1.82) is 0 Å². The minimum Gasteiger partial charge on any atom is -0.312 e. The average Bonchev–Trinajstić information content (AvgIpc) is 2.67. The van der Waals surface area contributed by atoms with Gasteiger partial charge in [-0.3, -0.25) is 14.9 Å². The van der Waals surface area contributed by atoms with Crippen LogP contribution < -0.4 is 4.90 Å². The Labute approximate surface area is 126 Å². The number of halogens is 1. The molecular formula is C12H13ClN2O5S. The van der Waals surface area contributed by atoms with Crippen LogP contribution in [0.1, 0.15) is 12.0 Å². The Morgan fingerprint density at radius 1 is 1.48 bits per heavy atom. The molecule has 1 fully saturated rings. The normalized spacial score (nSPS) is 19.0. The summed E-state index contributed by atoms with van der Waals surface area (Å²) >= 11 is 0. The van der Waals surface area contributed by atoms with Gasteiger partial charge in [-0.15, -0.1) is 0 Å². The summed E-state index contributed by atoms with van der Waals surface area (Å²) in [4.78, 5) is 23.6. The quantitative estimate of drug-likeness (QED) is 0.476. The number of amides is 1. The molecule has 1 aromatic rings. The maximum Gasteiger partial charge on any atom is 0.269 e. The Morgan fingerprint density at radius 3 is 2.67 bits per heavy atom. The number of nitrogens with zero attached hydrogens (tertiary/aromatic N) is 2. The van der Waals surface area contributed by atoms with Gasteiger partial charge in [-0.1, -0.05) is 0 Å². The van der Waals surface area contributed by atoms with E-state index in [9.17, 15) is 23.3 Å². The number of carbonyl (C=O) groups is 1. The first-order valence-corrected chi connectivity index (χ1v) is 8.63. The highest BCUT2D eigenvalue weighted by Crippen LogP contribution is 2.31. The monoisotopic (exact) mass is 332 g/mol. The third-order valence-electron chi connectivity index (χ3n) is 3.32. The molecule has 0 aliphatic carbocycles. The van der Waals surface area contributed by atoms with Crippen LogP contribution in [0.2, 0.25) is 0 Å². The van der Waals surface area contributed by atoms with E-state index in [1.807, 2.05) is 0 Å². The van der Waals surface area contributed by atoms with Crippen molar-refractivity contribution in [1.82, 2.24) is 0 Å². The fraction of sp³-hybridized carbons (Fsp3) is 0.417. The molecule has 0 aromatic heterocycles. The summed E-state index contributed by atoms with van der Waals surface area (Å²) in [5, 5.41) is 10.7. The van der Waals surface area contributed by atoms with E-state index in [2.05, 4.69) is 0 Å². The fourth-order valence-corrected chi connectivity index (χ4v) is 3.78. The highest BCUT2D eigenvalue weighted by molar-refractivity contribution is 8.13. The number of non-ortho nitro benzene ring substituents is 1. The molecule has 7 nitrogen and oxygen atoms in total. The number of benzene rings is 1. The van der Waals surface area contributed by atoms with Crippen LogP contribution in [0, 0.1) is 23.0 Å². The number of rotatable bonds is 4. The topological polar surface area (TPSA) is 97.6 Å². The van der Waals surface area contributed by atoms with Gasteiger partial charge >= 0.3 is 0 Å². The van der Waals surface area contributed by atoms with Crippen LogP contribution in [0.3, 0.4) is 0 Å². The minimum atomic E-state index is -3.66. The Hall–Kier alpha value is -1.67. The van der Waals surface area contributed by atoms with Gasteiger partial charge in [0.05, 0.1) is 10.7 Å². The Morgan fingerprint density at radius 2 is 2.14 bits per heavy atom. The van der Waals surface area contributed by atoms with Crippen molar-refractivity contribution in [2.24, 2.45) is 5.92 Å². The van der Waals surface area contributed by atoms with E-state index >= 15 is 0 Å². The second-order valence-electron chi connectivity index (χ2n) is 5.01. The van der Waals surface area contributed by atoms with Gasteiger partial charge in [0.25, 0.3) is 5.69 Å². The van der Waals surface area contributed by atoms with Crippen LogP contribution in [-0.2, 0) is 13.8 Å². The van der Waals surface area contributed by atoms with Crippen LogP contribution in [0.4, 0.5) is 11.4 Å². The Kier molecular flexibility index (Phi) is 4.20. The smallest absolute Gasteiger partial charge is 0.269 e. The third-order valence-corrected chi connectivity index (χ3v) is 4.57. The van der Waals surface area contributed by atoms with Crippen LogP contribution in [-0.4, -0.2) is 31.5 Å². The molecule has 1 amide bonds. The maximum absolute atomic E-state index is 12.0. The predicted octanol–water partition coefficient (Wildman–Crippen LogP) is 1.82. The van der Waals surface area contributed by atoms with Gasteiger partial charge in [0.1, 0.15) is 0 Å². The Balaban J connectivity index is 2.23. The molecule has 114 valence electrons. The standard InChI is InChI=1S/C12H13ClN2O5S/c1-8-4-10(15(17)18)2-3-11(8)14-6-9(5-12(14)16)7-21(13,19)20/h2-4,9H,5-7H2,1H3. The molecule has 9 heteroatoms. The zero-order valence-corrected chi connectivity index (χ0v) is 12.7. The largest absolute Gasteiger partial charge is 0.312 e. The number of nitro benzene ring substituents is 1. The van der Waals surface area contributed by atoms with Crippen LogP contribution in [0.5, 0.6) is 0 Å². The van der Waals surface area contributed by atoms with Crippen molar-refractivity contribution in [2.45, 2.75) is 13.3 Å². The number of nitro groups is 1. The molecule has 0 bridgehead atoms. The summed E-state index contributed by atoms with van der Waals surface area (Å²) in [5.74, 6) is -0.838. The summed E-state index contributed by atoms with van der Waals surface area (Å²) in [6.07, 6.45) is 0.0996. The van der Waals surface area contributed by atoms with Crippen molar-refractivity contribution in [3.63, 3.8) is 0 Å². The number of carbonyl (C=O) groups excluding carboxylic acids is 1. The lowest BCUT2D eigenvalue weighted by Crippen LogP contribution is -2.26. The van der Waals surface area contributed by atoms with Gasteiger partial charge < -0.3 is 4.90 Å². The summed E-state index contributed by atoms with van der Waals surface area (Å²) in [6.45, 7) is 1.91. The molecule has 1 saturated heterocycles. The van der Waals surface area contributed by atoms with Crippen molar-refractivity contribution < 1.29 is 18.1 Å². The first-order chi connectivity index (χ1) is 9.67. The zero-order valence-electron chi connectivity index (χ0n) is 11.2. The molecule has 1 unspecified atom stereocenters. The van der Waals surface area contributed by atoms with Crippen LogP contribution >= 0.6 is 10.7 Å². The average molecular weight is 333 g/mol. The molecule has 1 aromatic carbocycles. The summed E-state index contributed by atoms with van der Waals surface area (Å²) in [5.41, 5.74) is 1.09. The third kappa shape index (κ3) is 3.70. The van der Waals surface area contributed by atoms with Gasteiger partial charge in [-0.25, -0.2) is 8.42 Å². The minimum absolute atomic E-state index is 0.0530. The molecular weight excluding hydrogens is 320 g/mol. The highest BCUT2D eigenvalue weighted by Gasteiger charge is 2.34. The molecule has 0 radical (unpaired) electrons. The molecule has 1 aliphatic heterocycles. The lowest BCUT2D eigenvalue weighted by atomic mass is 10.1. The number of hydrogen-bond acceptors (Lipinski definition) is 5. The van der Waals surface area contributed by atoms with E-state index < -0.39 is 14.0 Å². The second kappa shape index (κ2) is 5.61. The molecule has 2 rings (SSSR count). The van der Waals surface area contributed by atoms with Gasteiger partial charge in [0, 0.05) is 47.4 Å². The molecule has 1 aliphatic rings. The first kappa shape index (κ1) is 15.7. The first-order valence-electron chi connectivity index (χ1n) is 6.15. The van der Waals surface area contributed by atoms with Gasteiger partial charge in [-0.05, 0) is 18.6 Å². The fourth-order valence-electron chi connectivity index (χ4n) is 2.46. The summed E-state index contributed by atoms with van der Waals surface area (Å²) in [7, 11) is 1.55. The lowest BCUT2D eigenvalue weighted by molar-refractivity contribution is -0.384. The van der Waals surface area contributed by atoms with Crippen molar-refractivity contribution in [3.8, 4) is 0 Å². The van der Waals surface area contributed by atoms with Crippen molar-refractivity contribution in [2.75, 3.05) is 17.2 Å². The second-order valence-corrected chi connectivity index (χ2v) is 7.83. The highest BCUT2D eigenvalue weighted by atomic mass is 35.7. The number of aryl methyl sites for hydroxylation is 1. The molecule has 0 spiro atoms. The molecule has 1 atom stereocenters. The van der Waals surface area contributed by atoms with E-state index in [4.69, 9.17) is 10.7 Å². The molecule has 1 heterocycles. The summed E-state index contributed by atoms with van der Waals surface area (Å²) < 4.78 is 22.2. The maximum atomic E-state index is 12.0. The predicted molar refractivity (Wildman–Crippen MR) is 77.9 cm³/mol.